The van der Waals surface area contributed by atoms with Crippen molar-refractivity contribution in [2.75, 3.05) is 30.8 Å². The molecule has 1 aromatic carbocycles. The molecule has 5 heteroatoms. The minimum atomic E-state index is -0.453. The SMILES string of the molecule is CCOc1cc(NCCCCO)c(N)cc1F. The molecule has 0 saturated carbocycles. The Labute approximate surface area is 101 Å². The molecule has 0 aliphatic heterocycles. The largest absolute Gasteiger partial charge is 0.491 e. The van der Waals surface area contributed by atoms with Gasteiger partial charge in [-0.05, 0) is 19.8 Å². The van der Waals surface area contributed by atoms with Crippen LogP contribution in [0.4, 0.5) is 15.8 Å². The third-order valence-electron chi connectivity index (χ3n) is 2.30. The Hall–Kier alpha value is -1.49. The molecule has 0 saturated heterocycles. The number of rotatable bonds is 7. The van der Waals surface area contributed by atoms with Gasteiger partial charge in [0.1, 0.15) is 0 Å². The molecule has 0 fully saturated rings. The number of unbranched alkanes of at least 4 members (excludes halogenated alkanes) is 1. The van der Waals surface area contributed by atoms with Crippen molar-refractivity contribution >= 4 is 11.4 Å². The van der Waals surface area contributed by atoms with Crippen molar-refractivity contribution < 1.29 is 14.2 Å². The van der Waals surface area contributed by atoms with Crippen molar-refractivity contribution in [3.8, 4) is 5.75 Å². The van der Waals surface area contributed by atoms with Crippen LogP contribution in [0.3, 0.4) is 0 Å². The van der Waals surface area contributed by atoms with Crippen molar-refractivity contribution in [1.82, 2.24) is 0 Å². The Kier molecular flexibility index (Phi) is 5.56. The molecule has 4 N–H and O–H groups in total. The van der Waals surface area contributed by atoms with Gasteiger partial charge < -0.3 is 20.9 Å². The fourth-order valence-corrected chi connectivity index (χ4v) is 1.45. The summed E-state index contributed by atoms with van der Waals surface area (Å²) in [5, 5.41) is 11.7. The van der Waals surface area contributed by atoms with Crippen LogP contribution in [0.1, 0.15) is 19.8 Å². The van der Waals surface area contributed by atoms with E-state index in [9.17, 15) is 4.39 Å². The third-order valence-corrected chi connectivity index (χ3v) is 2.30. The van der Waals surface area contributed by atoms with E-state index in [2.05, 4.69) is 5.32 Å². The van der Waals surface area contributed by atoms with Gasteiger partial charge in [-0.3, -0.25) is 0 Å². The summed E-state index contributed by atoms with van der Waals surface area (Å²) in [6.07, 6.45) is 1.56. The molecule has 0 radical (unpaired) electrons. The van der Waals surface area contributed by atoms with Crippen LogP contribution in [0.25, 0.3) is 0 Å². The van der Waals surface area contributed by atoms with Crippen molar-refractivity contribution in [3.05, 3.63) is 17.9 Å². The van der Waals surface area contributed by atoms with Crippen LogP contribution in [-0.4, -0.2) is 24.9 Å². The van der Waals surface area contributed by atoms with Crippen LogP contribution in [-0.2, 0) is 0 Å². The van der Waals surface area contributed by atoms with Crippen molar-refractivity contribution in [1.29, 1.82) is 0 Å². The fourth-order valence-electron chi connectivity index (χ4n) is 1.45. The lowest BCUT2D eigenvalue weighted by molar-refractivity contribution is 0.286. The predicted octanol–water partition coefficient (Wildman–Crippen LogP) is 1.99. The summed E-state index contributed by atoms with van der Waals surface area (Å²) >= 11 is 0. The van der Waals surface area contributed by atoms with Gasteiger partial charge in [-0.15, -0.1) is 0 Å². The second-order valence-electron chi connectivity index (χ2n) is 3.66. The number of nitrogen functional groups attached to an aromatic ring is 1. The maximum atomic E-state index is 13.4. The van der Waals surface area contributed by atoms with E-state index >= 15 is 0 Å². The third kappa shape index (κ3) is 4.11. The van der Waals surface area contributed by atoms with Gasteiger partial charge in [0.2, 0.25) is 0 Å². The number of nitrogens with one attached hydrogen (secondary N) is 1. The predicted molar refractivity (Wildman–Crippen MR) is 66.8 cm³/mol. The minimum Gasteiger partial charge on any atom is -0.491 e. The second kappa shape index (κ2) is 6.96. The number of halogens is 1. The number of aliphatic hydroxyl groups excluding tert-OH is 1. The number of hydrogen-bond acceptors (Lipinski definition) is 4. The molecule has 0 aliphatic carbocycles. The van der Waals surface area contributed by atoms with E-state index < -0.39 is 5.82 Å². The lowest BCUT2D eigenvalue weighted by Crippen LogP contribution is -2.06. The molecule has 4 nitrogen and oxygen atoms in total. The standard InChI is InChI=1S/C12H19FN2O2/c1-2-17-12-8-11(10(14)7-9(12)13)15-5-3-4-6-16/h7-8,15-16H,2-6,14H2,1H3. The van der Waals surface area contributed by atoms with Crippen LogP contribution in [0.15, 0.2) is 12.1 Å². The topological polar surface area (TPSA) is 67.5 Å². The van der Waals surface area contributed by atoms with Gasteiger partial charge in [0.25, 0.3) is 0 Å². The Morgan fingerprint density at radius 3 is 2.82 bits per heavy atom. The van der Waals surface area contributed by atoms with Gasteiger partial charge >= 0.3 is 0 Å². The first-order valence-corrected chi connectivity index (χ1v) is 5.75. The van der Waals surface area contributed by atoms with E-state index in [1.54, 1.807) is 13.0 Å². The van der Waals surface area contributed by atoms with Gasteiger partial charge in [0.05, 0.1) is 18.0 Å². The number of hydrogen-bond donors (Lipinski definition) is 3. The first-order valence-electron chi connectivity index (χ1n) is 5.75. The highest BCUT2D eigenvalue weighted by Gasteiger charge is 2.08. The van der Waals surface area contributed by atoms with Gasteiger partial charge in [-0.2, -0.15) is 0 Å². The molecule has 17 heavy (non-hydrogen) atoms. The molecule has 0 spiro atoms. The van der Waals surface area contributed by atoms with Crippen LogP contribution in [0.5, 0.6) is 5.75 Å². The molecule has 0 amide bonds. The molecule has 0 atom stereocenters. The minimum absolute atomic E-state index is 0.171. The zero-order valence-electron chi connectivity index (χ0n) is 10.0. The maximum Gasteiger partial charge on any atom is 0.167 e. The summed E-state index contributed by atoms with van der Waals surface area (Å²) in [5.74, 6) is -0.253. The average molecular weight is 242 g/mol. The molecule has 0 heterocycles. The zero-order valence-corrected chi connectivity index (χ0v) is 10.0. The zero-order chi connectivity index (χ0) is 12.7. The van der Waals surface area contributed by atoms with Gasteiger partial charge in [-0.25, -0.2) is 4.39 Å². The summed E-state index contributed by atoms with van der Waals surface area (Å²) in [6, 6.07) is 2.81. The average Bonchev–Trinajstić information content (AvgIpc) is 2.30. The highest BCUT2D eigenvalue weighted by molar-refractivity contribution is 5.68. The van der Waals surface area contributed by atoms with Gasteiger partial charge in [0.15, 0.2) is 11.6 Å². The van der Waals surface area contributed by atoms with E-state index in [1.165, 1.54) is 6.07 Å². The number of anilines is 2. The molecule has 0 aliphatic rings. The number of nitrogens with two attached hydrogens (primary N) is 1. The van der Waals surface area contributed by atoms with Crippen molar-refractivity contribution in [3.63, 3.8) is 0 Å². The van der Waals surface area contributed by atoms with Crippen LogP contribution in [0.2, 0.25) is 0 Å². The lowest BCUT2D eigenvalue weighted by Gasteiger charge is -2.12. The highest BCUT2D eigenvalue weighted by Crippen LogP contribution is 2.28. The molecule has 1 rings (SSSR count). The molecule has 0 bridgehead atoms. The van der Waals surface area contributed by atoms with Crippen molar-refractivity contribution in [2.24, 2.45) is 0 Å². The first-order chi connectivity index (χ1) is 8.19. The summed E-state index contributed by atoms with van der Waals surface area (Å²) < 4.78 is 18.5. The van der Waals surface area contributed by atoms with Crippen molar-refractivity contribution in [2.45, 2.75) is 19.8 Å². The fraction of sp³-hybridized carbons (Fsp3) is 0.500. The second-order valence-corrected chi connectivity index (χ2v) is 3.66. The molecule has 96 valence electrons. The number of aliphatic hydroxyl groups is 1. The van der Waals surface area contributed by atoms with Gasteiger partial charge in [0, 0.05) is 25.3 Å². The molecule has 0 aromatic heterocycles. The van der Waals surface area contributed by atoms with E-state index in [4.69, 9.17) is 15.6 Å². The summed E-state index contributed by atoms with van der Waals surface area (Å²) in [6.45, 7) is 3.06. The smallest absolute Gasteiger partial charge is 0.167 e. The molecule has 0 unspecified atom stereocenters. The van der Waals surface area contributed by atoms with Crippen LogP contribution >= 0.6 is 0 Å². The molecular weight excluding hydrogens is 223 g/mol. The van der Waals surface area contributed by atoms with Crippen LogP contribution < -0.4 is 15.8 Å². The van der Waals surface area contributed by atoms with Gasteiger partial charge in [-0.1, -0.05) is 0 Å². The van der Waals surface area contributed by atoms with E-state index in [1.807, 2.05) is 0 Å². The Bertz CT molecular complexity index is 359. The number of benzene rings is 1. The Morgan fingerprint density at radius 2 is 2.18 bits per heavy atom. The van der Waals surface area contributed by atoms with E-state index in [0.29, 0.717) is 24.5 Å². The Morgan fingerprint density at radius 1 is 1.41 bits per heavy atom. The van der Waals surface area contributed by atoms with E-state index in [-0.39, 0.29) is 12.4 Å². The van der Waals surface area contributed by atoms with Crippen LogP contribution in [0, 0.1) is 5.82 Å². The summed E-state index contributed by atoms with van der Waals surface area (Å²) in [4.78, 5) is 0. The molecule has 1 aromatic rings. The Balaban J connectivity index is 2.66. The maximum absolute atomic E-state index is 13.4. The summed E-state index contributed by atoms with van der Waals surface area (Å²) in [7, 11) is 0. The molecular formula is C12H19FN2O2. The lowest BCUT2D eigenvalue weighted by atomic mass is 10.2. The quantitative estimate of drug-likeness (QED) is 0.505. The normalized spacial score (nSPS) is 10.3. The van der Waals surface area contributed by atoms with E-state index in [0.717, 1.165) is 12.8 Å². The highest BCUT2D eigenvalue weighted by atomic mass is 19.1. The monoisotopic (exact) mass is 242 g/mol. The number of ether oxygens (including phenoxy) is 1. The summed E-state index contributed by atoms with van der Waals surface area (Å²) in [5.41, 5.74) is 6.71. The first kappa shape index (κ1) is 13.6.